The second-order valence-corrected chi connectivity index (χ2v) is 5.17. The molecule has 17 heavy (non-hydrogen) atoms. The lowest BCUT2D eigenvalue weighted by Crippen LogP contribution is -2.68. The molecule has 0 amide bonds. The summed E-state index contributed by atoms with van der Waals surface area (Å²) in [7, 11) is 0. The molecule has 0 aliphatic heterocycles. The van der Waals surface area contributed by atoms with Crippen LogP contribution in [0.5, 0.6) is 0 Å². The molecule has 3 fully saturated rings. The van der Waals surface area contributed by atoms with Gasteiger partial charge in [0.15, 0.2) is 0 Å². The summed E-state index contributed by atoms with van der Waals surface area (Å²) in [4.78, 5) is 21.5. The minimum Gasteiger partial charge on any atom is -0.481 e. The van der Waals surface area contributed by atoms with Crippen LogP contribution in [0, 0.1) is 15.5 Å². The van der Waals surface area contributed by atoms with Gasteiger partial charge in [-0.05, 0) is 19.3 Å². The van der Waals surface area contributed by atoms with Crippen molar-refractivity contribution in [3.8, 4) is 0 Å². The van der Waals surface area contributed by atoms with E-state index in [2.05, 4.69) is 0 Å². The summed E-state index contributed by atoms with van der Waals surface area (Å²) < 4.78 is 0. The minimum absolute atomic E-state index is 0.117. The first kappa shape index (κ1) is 10.3. The Labute approximate surface area is 97.2 Å². The van der Waals surface area contributed by atoms with Gasteiger partial charge < -0.3 is 5.11 Å². The van der Waals surface area contributed by atoms with E-state index in [-0.39, 0.29) is 16.0 Å². The summed E-state index contributed by atoms with van der Waals surface area (Å²) in [6.07, 6.45) is 1.63. The monoisotopic (exact) mass is 233 g/mol. The van der Waals surface area contributed by atoms with Crippen molar-refractivity contribution >= 4 is 11.7 Å². The molecule has 3 aliphatic carbocycles. The van der Waals surface area contributed by atoms with Crippen molar-refractivity contribution in [2.45, 2.75) is 24.7 Å². The maximum Gasteiger partial charge on any atom is 0.309 e. The number of carboxylic acid groups (broad SMARTS) is 1. The third-order valence-corrected chi connectivity index (χ3v) is 4.16. The fraction of sp³-hybridized carbons (Fsp3) is 0.417. The van der Waals surface area contributed by atoms with Crippen molar-refractivity contribution in [1.29, 1.82) is 0 Å². The van der Waals surface area contributed by atoms with Gasteiger partial charge in [0.2, 0.25) is 0 Å². The van der Waals surface area contributed by atoms with Gasteiger partial charge in [0.05, 0.1) is 10.3 Å². The van der Waals surface area contributed by atoms with Crippen molar-refractivity contribution in [3.05, 3.63) is 39.9 Å². The van der Waals surface area contributed by atoms with Crippen molar-refractivity contribution in [3.63, 3.8) is 0 Å². The molecule has 5 nitrogen and oxygen atoms in total. The Hall–Kier alpha value is -1.91. The molecule has 0 spiro atoms. The Kier molecular flexibility index (Phi) is 1.72. The molecular formula is C12H11NO4. The highest BCUT2D eigenvalue weighted by molar-refractivity contribution is 5.81. The molecule has 3 aliphatic rings. The molecule has 0 saturated heterocycles. The van der Waals surface area contributed by atoms with Crippen molar-refractivity contribution in [2.75, 3.05) is 0 Å². The molecule has 88 valence electrons. The Bertz CT molecular complexity index is 517. The quantitative estimate of drug-likeness (QED) is 0.640. The van der Waals surface area contributed by atoms with Crippen LogP contribution in [-0.4, -0.2) is 16.0 Å². The molecule has 0 unspecified atom stereocenters. The van der Waals surface area contributed by atoms with Gasteiger partial charge in [-0.25, -0.2) is 0 Å². The maximum absolute atomic E-state index is 11.0. The lowest BCUT2D eigenvalue weighted by Gasteiger charge is -2.68. The van der Waals surface area contributed by atoms with Crippen LogP contribution in [-0.2, 0) is 10.2 Å². The van der Waals surface area contributed by atoms with Crippen LogP contribution in [0.2, 0.25) is 0 Å². The standard InChI is InChI=1S/C12H11NO4/c14-10(15)12-5-11(6-12,7-12)8-3-1-2-4-9(8)13(16)17/h1-4H,5-7H2,(H,14,15). The number of rotatable bonds is 3. The highest BCUT2D eigenvalue weighted by Crippen LogP contribution is 2.74. The number of carboxylic acids is 1. The van der Waals surface area contributed by atoms with Crippen LogP contribution in [0.25, 0.3) is 0 Å². The third-order valence-electron chi connectivity index (χ3n) is 4.16. The Morgan fingerprint density at radius 3 is 2.41 bits per heavy atom. The first-order valence-electron chi connectivity index (χ1n) is 5.47. The van der Waals surface area contributed by atoms with Crippen molar-refractivity contribution < 1.29 is 14.8 Å². The van der Waals surface area contributed by atoms with Crippen LogP contribution in [0.1, 0.15) is 24.8 Å². The summed E-state index contributed by atoms with van der Waals surface area (Å²) in [6.45, 7) is 0. The van der Waals surface area contributed by atoms with E-state index >= 15 is 0 Å². The fourth-order valence-electron chi connectivity index (χ4n) is 3.38. The molecule has 0 radical (unpaired) electrons. The number of aliphatic carboxylic acids is 1. The number of benzene rings is 1. The van der Waals surface area contributed by atoms with E-state index in [1.807, 2.05) is 0 Å². The topological polar surface area (TPSA) is 80.4 Å². The molecule has 0 atom stereocenters. The number of hydrogen-bond donors (Lipinski definition) is 1. The highest BCUT2D eigenvalue weighted by Gasteiger charge is 2.73. The van der Waals surface area contributed by atoms with E-state index < -0.39 is 11.4 Å². The molecule has 1 N–H and O–H groups in total. The average molecular weight is 233 g/mol. The van der Waals surface area contributed by atoms with Crippen molar-refractivity contribution in [2.24, 2.45) is 5.41 Å². The average Bonchev–Trinajstić information content (AvgIpc) is 2.13. The van der Waals surface area contributed by atoms with Gasteiger partial charge in [-0.1, -0.05) is 18.2 Å². The first-order chi connectivity index (χ1) is 7.99. The number of hydrogen-bond acceptors (Lipinski definition) is 3. The van der Waals surface area contributed by atoms with E-state index in [0.717, 1.165) is 0 Å². The predicted molar refractivity (Wildman–Crippen MR) is 58.7 cm³/mol. The van der Waals surface area contributed by atoms with Crippen LogP contribution in [0.4, 0.5) is 5.69 Å². The molecule has 4 rings (SSSR count). The van der Waals surface area contributed by atoms with Gasteiger partial charge >= 0.3 is 5.97 Å². The van der Waals surface area contributed by atoms with E-state index in [0.29, 0.717) is 24.8 Å². The van der Waals surface area contributed by atoms with Gasteiger partial charge in [0, 0.05) is 17.0 Å². The zero-order chi connectivity index (χ0) is 12.3. The van der Waals surface area contributed by atoms with E-state index in [9.17, 15) is 14.9 Å². The summed E-state index contributed by atoms with van der Waals surface area (Å²) >= 11 is 0. The SMILES string of the molecule is O=C(O)C12CC(c3ccccc3[N+](=O)[O-])(C1)C2. The van der Waals surface area contributed by atoms with Gasteiger partial charge in [-0.15, -0.1) is 0 Å². The summed E-state index contributed by atoms with van der Waals surface area (Å²) in [5.74, 6) is -0.766. The fourth-order valence-corrected chi connectivity index (χ4v) is 3.38. The maximum atomic E-state index is 11.0. The molecular weight excluding hydrogens is 222 g/mol. The van der Waals surface area contributed by atoms with Gasteiger partial charge in [0.1, 0.15) is 0 Å². The van der Waals surface area contributed by atoms with E-state index in [1.54, 1.807) is 18.2 Å². The molecule has 0 heterocycles. The normalized spacial score (nSPS) is 33.4. The predicted octanol–water partition coefficient (Wildman–Crippen LogP) is 2.10. The summed E-state index contributed by atoms with van der Waals surface area (Å²) in [5, 5.41) is 20.0. The number of para-hydroxylation sites is 1. The van der Waals surface area contributed by atoms with Gasteiger partial charge in [-0.2, -0.15) is 0 Å². The first-order valence-corrected chi connectivity index (χ1v) is 5.47. The Morgan fingerprint density at radius 2 is 1.88 bits per heavy atom. The van der Waals surface area contributed by atoms with Crippen molar-refractivity contribution in [1.82, 2.24) is 0 Å². The van der Waals surface area contributed by atoms with Gasteiger partial charge in [-0.3, -0.25) is 14.9 Å². The van der Waals surface area contributed by atoms with Gasteiger partial charge in [0.25, 0.3) is 5.69 Å². The number of carbonyl (C=O) groups is 1. The summed E-state index contributed by atoms with van der Waals surface area (Å²) in [6, 6.07) is 6.66. The Balaban J connectivity index is 1.95. The van der Waals surface area contributed by atoms with E-state index in [1.165, 1.54) is 6.07 Å². The molecule has 1 aromatic carbocycles. The van der Waals surface area contributed by atoms with E-state index in [4.69, 9.17) is 5.11 Å². The highest BCUT2D eigenvalue weighted by atomic mass is 16.6. The minimum atomic E-state index is -0.766. The van der Waals surface area contributed by atoms with Crippen LogP contribution in [0.15, 0.2) is 24.3 Å². The largest absolute Gasteiger partial charge is 0.481 e. The van der Waals surface area contributed by atoms with Crippen LogP contribution in [0.3, 0.4) is 0 Å². The molecule has 0 aromatic heterocycles. The second-order valence-electron chi connectivity index (χ2n) is 5.17. The third kappa shape index (κ3) is 1.11. The molecule has 5 heteroatoms. The zero-order valence-electron chi connectivity index (χ0n) is 9.05. The lowest BCUT2D eigenvalue weighted by atomic mass is 9.33. The smallest absolute Gasteiger partial charge is 0.309 e. The molecule has 1 aromatic rings. The number of nitrogens with zero attached hydrogens (tertiary/aromatic N) is 1. The number of nitro groups is 1. The van der Waals surface area contributed by atoms with Crippen LogP contribution >= 0.6 is 0 Å². The molecule has 3 saturated carbocycles. The molecule has 2 bridgehead atoms. The zero-order valence-corrected chi connectivity index (χ0v) is 9.05. The number of nitro benzene ring substituents is 1. The lowest BCUT2D eigenvalue weighted by molar-refractivity contribution is -0.387. The second kappa shape index (κ2) is 2.85. The summed E-state index contributed by atoms with van der Waals surface area (Å²) in [5.41, 5.74) is -0.0227. The van der Waals surface area contributed by atoms with Crippen LogP contribution < -0.4 is 0 Å². The Morgan fingerprint density at radius 1 is 1.29 bits per heavy atom.